The molecule has 2 aliphatic heterocycles. The first-order valence-corrected chi connectivity index (χ1v) is 8.42. The van der Waals surface area contributed by atoms with Crippen LogP contribution in [0.15, 0.2) is 0 Å². The molecule has 0 aromatic heterocycles. The molecule has 4 atom stereocenters. The van der Waals surface area contributed by atoms with Gasteiger partial charge in [0.15, 0.2) is 5.60 Å². The van der Waals surface area contributed by atoms with E-state index in [9.17, 15) is 0 Å². The summed E-state index contributed by atoms with van der Waals surface area (Å²) in [5.41, 5.74) is 0.682. The molecule has 3 aliphatic rings. The zero-order valence-corrected chi connectivity index (χ0v) is 15.5. The molecule has 0 amide bonds. The maximum atomic E-state index is 5.87. The van der Waals surface area contributed by atoms with E-state index in [0.29, 0.717) is 11.5 Å². The first-order valence-electron chi connectivity index (χ1n) is 8.42. The van der Waals surface area contributed by atoms with Gasteiger partial charge in [-0.05, 0) is 59.3 Å². The van der Waals surface area contributed by atoms with Gasteiger partial charge in [0.2, 0.25) is 0 Å². The van der Waals surface area contributed by atoms with Crippen LogP contribution in [0.1, 0.15) is 126 Å². The van der Waals surface area contributed by atoms with Crippen LogP contribution in [0.2, 0.25) is 0 Å². The topological polar surface area (TPSA) is 25.1 Å². The first-order chi connectivity index (χ1) is 9.60. The van der Waals surface area contributed by atoms with Gasteiger partial charge in [-0.15, -0.1) is 5.92 Å². The van der Waals surface area contributed by atoms with Gasteiger partial charge in [-0.2, -0.15) is 0 Å². The third kappa shape index (κ3) is 7.78. The molecule has 1 aliphatic carbocycles. The quantitative estimate of drug-likeness (QED) is 0.305. The molecule has 1 saturated carbocycles. The summed E-state index contributed by atoms with van der Waals surface area (Å²) in [4.78, 5) is 0. The highest BCUT2D eigenvalue weighted by Gasteiger charge is 2.71. The molecule has 0 bridgehead atoms. The largest absolute Gasteiger partial charge is 0.363 e. The summed E-state index contributed by atoms with van der Waals surface area (Å²) in [5.74, 6) is 5.80. The minimum absolute atomic E-state index is 0. The molecule has 2 heteroatoms. The molecule has 0 aromatic carbocycles. The molecular formula is C25H58O2. The molecule has 4 unspecified atom stereocenters. The van der Waals surface area contributed by atoms with E-state index in [4.69, 9.17) is 9.47 Å². The number of rotatable bonds is 0. The van der Waals surface area contributed by atoms with E-state index in [2.05, 4.69) is 39.5 Å². The number of fused-ring (bicyclic) bond motifs is 1. The lowest BCUT2D eigenvalue weighted by atomic mass is 9.65. The summed E-state index contributed by atoms with van der Waals surface area (Å²) in [6.45, 7) is 19.1. The summed E-state index contributed by atoms with van der Waals surface area (Å²) in [5, 5.41) is 0. The van der Waals surface area contributed by atoms with Gasteiger partial charge >= 0.3 is 0 Å². The van der Waals surface area contributed by atoms with Gasteiger partial charge in [-0.3, -0.25) is 0 Å². The molecule has 3 rings (SSSR count). The lowest BCUT2D eigenvalue weighted by molar-refractivity contribution is 0.140. The van der Waals surface area contributed by atoms with Crippen LogP contribution >= 0.6 is 0 Å². The van der Waals surface area contributed by atoms with Gasteiger partial charge in [0, 0.05) is 0 Å². The summed E-state index contributed by atoms with van der Waals surface area (Å²) >= 11 is 0. The van der Waals surface area contributed by atoms with Crippen molar-refractivity contribution in [2.45, 2.75) is 149 Å². The van der Waals surface area contributed by atoms with Crippen molar-refractivity contribution < 1.29 is 9.47 Å². The third-order valence-corrected chi connectivity index (χ3v) is 5.66. The number of ether oxygens (including phenoxy) is 2. The maximum Gasteiger partial charge on any atom is 0.152 e. The lowest BCUT2D eigenvalue weighted by Crippen LogP contribution is -2.39. The summed E-state index contributed by atoms with van der Waals surface area (Å²) in [6, 6.07) is 0. The second kappa shape index (κ2) is 13.6. The van der Waals surface area contributed by atoms with Crippen molar-refractivity contribution in [1.82, 2.24) is 0 Å². The molecule has 2 heterocycles. The number of hydrogen-bond acceptors (Lipinski definition) is 2. The van der Waals surface area contributed by atoms with Crippen LogP contribution in [-0.4, -0.2) is 22.9 Å². The van der Waals surface area contributed by atoms with Crippen LogP contribution in [0.3, 0.4) is 0 Å². The van der Waals surface area contributed by atoms with Gasteiger partial charge in [0.1, 0.15) is 0 Å². The van der Waals surface area contributed by atoms with Crippen LogP contribution in [0.25, 0.3) is 0 Å². The van der Waals surface area contributed by atoms with E-state index in [1.165, 1.54) is 19.3 Å². The average Bonchev–Trinajstić information content (AvgIpc) is 3.18. The predicted molar refractivity (Wildman–Crippen MR) is 130 cm³/mol. The second-order valence-corrected chi connectivity index (χ2v) is 7.35. The van der Waals surface area contributed by atoms with Crippen LogP contribution < -0.4 is 0 Å². The molecule has 0 spiro atoms. The Hall–Kier alpha value is -0.520. The Bertz CT molecular complexity index is 431. The molecule has 3 fully saturated rings. The van der Waals surface area contributed by atoms with E-state index in [1.807, 2.05) is 34.6 Å². The van der Waals surface area contributed by atoms with Crippen LogP contribution in [0, 0.1) is 17.3 Å². The van der Waals surface area contributed by atoms with Crippen LogP contribution in [-0.2, 0) is 9.47 Å². The van der Waals surface area contributed by atoms with E-state index in [0.717, 1.165) is 0 Å². The van der Waals surface area contributed by atoms with Gasteiger partial charge in [-0.25, -0.2) is 0 Å². The Labute approximate surface area is 176 Å². The normalized spacial score (nSPS) is 34.6. The van der Waals surface area contributed by atoms with Crippen LogP contribution in [0.5, 0.6) is 0 Å². The van der Waals surface area contributed by atoms with Gasteiger partial charge in [-0.1, -0.05) is 78.2 Å². The van der Waals surface area contributed by atoms with Gasteiger partial charge in [0.05, 0.1) is 17.3 Å². The Morgan fingerprint density at radius 1 is 0.815 bits per heavy atom. The number of epoxide rings is 2. The monoisotopic (exact) mass is 390 g/mol. The molecule has 27 heavy (non-hydrogen) atoms. The van der Waals surface area contributed by atoms with Crippen LogP contribution in [0.4, 0.5) is 0 Å². The third-order valence-electron chi connectivity index (χ3n) is 5.66. The van der Waals surface area contributed by atoms with Crippen molar-refractivity contribution in [3.8, 4) is 11.8 Å². The summed E-state index contributed by atoms with van der Waals surface area (Å²) in [7, 11) is 0. The lowest BCUT2D eigenvalue weighted by Gasteiger charge is -2.35. The first kappa shape index (κ1) is 41.0. The van der Waals surface area contributed by atoms with Crippen molar-refractivity contribution in [3.05, 3.63) is 0 Å². The van der Waals surface area contributed by atoms with E-state index < -0.39 is 0 Å². The van der Waals surface area contributed by atoms with E-state index in [1.54, 1.807) is 0 Å². The molecule has 0 aromatic rings. The van der Waals surface area contributed by atoms with E-state index >= 15 is 0 Å². The highest BCUT2D eigenvalue weighted by atomic mass is 16.6. The fourth-order valence-electron chi connectivity index (χ4n) is 3.39. The highest BCUT2D eigenvalue weighted by molar-refractivity contribution is 5.21. The van der Waals surface area contributed by atoms with Gasteiger partial charge in [0.25, 0.3) is 0 Å². The standard InChI is InChI=1S/C10H18O.C7H10O.C2H6.6CH4/c1-8(2)6-5-7-9(3)10(8,4)11-9;1-4-5-7(3)6(2)8-7;1-2;;;;;;/h5-7H2,1-4H3;6H,1-3H3;1-2H3;6*1H4. The smallest absolute Gasteiger partial charge is 0.152 e. The Balaban J connectivity index is -0.0000000636. The SMILES string of the molecule is C.C.C.C.C.C.CC.CC#CC1(C)OC1C.CC1(C)CCCC2(C)OC12C. The molecule has 0 radical (unpaired) electrons. The molecule has 0 N–H and O–H groups in total. The summed E-state index contributed by atoms with van der Waals surface area (Å²) < 4.78 is 11.0. The highest BCUT2D eigenvalue weighted by Crippen LogP contribution is 2.64. The maximum absolute atomic E-state index is 5.87. The Morgan fingerprint density at radius 3 is 1.44 bits per heavy atom. The second-order valence-electron chi connectivity index (χ2n) is 7.35. The summed E-state index contributed by atoms with van der Waals surface area (Å²) in [6.07, 6.45) is 4.25. The van der Waals surface area contributed by atoms with Crippen molar-refractivity contribution in [1.29, 1.82) is 0 Å². The number of hydrogen-bond donors (Lipinski definition) is 0. The zero-order chi connectivity index (χ0) is 16.5. The van der Waals surface area contributed by atoms with Crippen molar-refractivity contribution in [2.24, 2.45) is 5.41 Å². The molecular weight excluding hydrogens is 332 g/mol. The van der Waals surface area contributed by atoms with Crippen molar-refractivity contribution in [3.63, 3.8) is 0 Å². The fraction of sp³-hybridized carbons (Fsp3) is 0.920. The Morgan fingerprint density at radius 2 is 1.22 bits per heavy atom. The fourth-order valence-corrected chi connectivity index (χ4v) is 3.39. The van der Waals surface area contributed by atoms with Crippen molar-refractivity contribution in [2.75, 3.05) is 0 Å². The molecule has 2 nitrogen and oxygen atoms in total. The van der Waals surface area contributed by atoms with E-state index in [-0.39, 0.29) is 61.4 Å². The molecule has 170 valence electrons. The van der Waals surface area contributed by atoms with Crippen molar-refractivity contribution >= 4 is 0 Å². The minimum atomic E-state index is -0.102. The minimum Gasteiger partial charge on any atom is -0.363 e. The van der Waals surface area contributed by atoms with Gasteiger partial charge < -0.3 is 9.47 Å². The average molecular weight is 391 g/mol. The molecule has 2 saturated heterocycles. The predicted octanol–water partition coefficient (Wildman–Crippen LogP) is 8.77. The zero-order valence-electron chi connectivity index (χ0n) is 15.5. The Kier molecular flexibility index (Phi) is 20.7.